The Kier molecular flexibility index (Phi) is 5.46. The van der Waals surface area contributed by atoms with Gasteiger partial charge in [-0.3, -0.25) is 0 Å². The molecule has 0 spiro atoms. The van der Waals surface area contributed by atoms with E-state index in [2.05, 4.69) is 19.8 Å². The molecule has 1 fully saturated rings. The lowest BCUT2D eigenvalue weighted by Crippen LogP contribution is -2.25. The monoisotopic (exact) mass is 365 g/mol. The summed E-state index contributed by atoms with van der Waals surface area (Å²) in [5.41, 5.74) is 0.681. The lowest BCUT2D eigenvalue weighted by molar-refractivity contribution is 0.00133. The smallest absolute Gasteiger partial charge is 0.408 e. The lowest BCUT2D eigenvalue weighted by Gasteiger charge is -2.21. The molecular weight excluding hydrogens is 350 g/mol. The molecular formula is C14H15N5O5S. The van der Waals surface area contributed by atoms with Gasteiger partial charge in [-0.15, -0.1) is 10.2 Å². The second kappa shape index (κ2) is 7.94. The minimum atomic E-state index is -2.84. The van der Waals surface area contributed by atoms with Crippen molar-refractivity contribution in [3.8, 4) is 17.1 Å². The molecule has 1 aromatic carbocycles. The number of amides is 1. The largest absolute Gasteiger partial charge is 0.454 e. The van der Waals surface area contributed by atoms with E-state index in [0.717, 1.165) is 25.9 Å². The topological polar surface area (TPSA) is 126 Å². The Bertz CT molecular complexity index is 863. The predicted molar refractivity (Wildman–Crippen MR) is 84.2 cm³/mol. The van der Waals surface area contributed by atoms with Crippen LogP contribution in [0.5, 0.6) is 5.75 Å². The van der Waals surface area contributed by atoms with Crippen LogP contribution in [-0.2, 0) is 21.8 Å². The fourth-order valence-electron chi connectivity index (χ4n) is 2.42. The summed E-state index contributed by atoms with van der Waals surface area (Å²) < 4.78 is 33.7. The zero-order chi connectivity index (χ0) is 17.6. The molecule has 1 aliphatic rings. The third-order valence-electron chi connectivity index (χ3n) is 3.56. The van der Waals surface area contributed by atoms with E-state index in [0.29, 0.717) is 17.9 Å². The first kappa shape index (κ1) is 17.2. The molecule has 1 aromatic heterocycles. The summed E-state index contributed by atoms with van der Waals surface area (Å²) in [6.07, 6.45) is 2.10. The number of tetrazole rings is 1. The molecule has 1 saturated heterocycles. The molecule has 0 N–H and O–H groups in total. The first-order valence-corrected chi connectivity index (χ1v) is 8.66. The van der Waals surface area contributed by atoms with Crippen LogP contribution >= 0.6 is 0 Å². The van der Waals surface area contributed by atoms with Gasteiger partial charge in [-0.2, -0.15) is 13.2 Å². The van der Waals surface area contributed by atoms with Gasteiger partial charge in [-0.25, -0.2) is 4.79 Å². The minimum Gasteiger partial charge on any atom is -0.408 e. The van der Waals surface area contributed by atoms with Crippen molar-refractivity contribution in [2.24, 2.45) is 4.36 Å². The van der Waals surface area contributed by atoms with Gasteiger partial charge in [-0.1, -0.05) is 4.36 Å². The summed E-state index contributed by atoms with van der Waals surface area (Å²) >= 11 is 0. The molecule has 1 unspecified atom stereocenters. The molecule has 2 heterocycles. The van der Waals surface area contributed by atoms with Crippen molar-refractivity contribution in [3.63, 3.8) is 0 Å². The van der Waals surface area contributed by atoms with Gasteiger partial charge < -0.3 is 9.47 Å². The van der Waals surface area contributed by atoms with E-state index in [9.17, 15) is 13.2 Å². The van der Waals surface area contributed by atoms with Crippen molar-refractivity contribution in [1.82, 2.24) is 20.2 Å². The van der Waals surface area contributed by atoms with Gasteiger partial charge in [0.1, 0.15) is 5.75 Å². The summed E-state index contributed by atoms with van der Waals surface area (Å²) in [5, 5.41) is 12.3. The van der Waals surface area contributed by atoms with Crippen LogP contribution in [0.4, 0.5) is 4.79 Å². The number of carbonyl (C=O) groups is 1. The molecule has 2 aromatic rings. The maximum atomic E-state index is 11.1. The molecule has 1 atom stereocenters. The molecule has 0 radical (unpaired) electrons. The SMILES string of the molecule is O=C(N=S(=O)=O)Oc1ccc(-c2nnn(CC3CCCCO3)n2)cc1. The number of hydrogen-bond donors (Lipinski definition) is 0. The van der Waals surface area contributed by atoms with Crippen molar-refractivity contribution >= 4 is 16.6 Å². The fourth-order valence-corrected chi connectivity index (χ4v) is 2.58. The Hall–Kier alpha value is -2.66. The molecule has 25 heavy (non-hydrogen) atoms. The standard InChI is InChI=1S/C14H15N5O5S/c20-14(17-25(21)22)24-11-6-4-10(5-7-11)13-15-18-19(16-13)9-12-3-1-2-8-23-12/h4-7,12H,1-3,8-9H2. The summed E-state index contributed by atoms with van der Waals surface area (Å²) in [6.45, 7) is 1.31. The maximum Gasteiger partial charge on any atom is 0.454 e. The molecule has 1 amide bonds. The van der Waals surface area contributed by atoms with Gasteiger partial charge in [0, 0.05) is 12.2 Å². The third kappa shape index (κ3) is 4.90. The molecule has 3 rings (SSSR count). The average Bonchev–Trinajstić information content (AvgIpc) is 3.04. The molecule has 132 valence electrons. The van der Waals surface area contributed by atoms with Crippen molar-refractivity contribution < 1.29 is 22.7 Å². The predicted octanol–water partition coefficient (Wildman–Crippen LogP) is 1.47. The Morgan fingerprint density at radius 2 is 2.12 bits per heavy atom. The number of benzene rings is 1. The number of hydrogen-bond acceptors (Lipinski definition) is 8. The van der Waals surface area contributed by atoms with Crippen LogP contribution in [0.15, 0.2) is 28.6 Å². The highest BCUT2D eigenvalue weighted by atomic mass is 32.2. The van der Waals surface area contributed by atoms with Gasteiger partial charge in [0.2, 0.25) is 5.82 Å². The summed E-state index contributed by atoms with van der Waals surface area (Å²) in [4.78, 5) is 12.6. The van der Waals surface area contributed by atoms with E-state index in [1.807, 2.05) is 0 Å². The van der Waals surface area contributed by atoms with Crippen LogP contribution in [0.3, 0.4) is 0 Å². The van der Waals surface area contributed by atoms with Crippen LogP contribution < -0.4 is 4.74 Å². The van der Waals surface area contributed by atoms with Crippen LogP contribution in [0.1, 0.15) is 19.3 Å². The van der Waals surface area contributed by atoms with Crippen LogP contribution in [-0.4, -0.2) is 47.4 Å². The molecule has 0 aliphatic carbocycles. The average molecular weight is 365 g/mol. The van der Waals surface area contributed by atoms with E-state index in [1.54, 1.807) is 12.1 Å². The van der Waals surface area contributed by atoms with Gasteiger partial charge in [0.15, 0.2) is 0 Å². The number of nitrogens with zero attached hydrogens (tertiary/aromatic N) is 5. The van der Waals surface area contributed by atoms with E-state index < -0.39 is 16.6 Å². The fraction of sp³-hybridized carbons (Fsp3) is 0.429. The summed E-state index contributed by atoms with van der Waals surface area (Å²) in [5.74, 6) is 0.588. The van der Waals surface area contributed by atoms with Crippen LogP contribution in [0.25, 0.3) is 11.4 Å². The number of aromatic nitrogens is 4. The first-order valence-electron chi connectivity index (χ1n) is 7.63. The molecule has 10 nitrogen and oxygen atoms in total. The van der Waals surface area contributed by atoms with Gasteiger partial charge in [0.05, 0.1) is 12.6 Å². The first-order chi connectivity index (χ1) is 12.1. The highest BCUT2D eigenvalue weighted by Crippen LogP contribution is 2.19. The van der Waals surface area contributed by atoms with Gasteiger partial charge in [0.25, 0.3) is 0 Å². The van der Waals surface area contributed by atoms with E-state index in [4.69, 9.17) is 9.47 Å². The second-order valence-electron chi connectivity index (χ2n) is 5.36. The Morgan fingerprint density at radius 3 is 2.80 bits per heavy atom. The van der Waals surface area contributed by atoms with Gasteiger partial charge in [-0.05, 0) is 48.7 Å². The van der Waals surface area contributed by atoms with E-state index in [1.165, 1.54) is 16.9 Å². The Labute approximate surface area is 144 Å². The molecule has 1 aliphatic heterocycles. The summed E-state index contributed by atoms with van der Waals surface area (Å²) in [7, 11) is -2.84. The van der Waals surface area contributed by atoms with Crippen molar-refractivity contribution in [3.05, 3.63) is 24.3 Å². The quantitative estimate of drug-likeness (QED) is 0.797. The summed E-state index contributed by atoms with van der Waals surface area (Å²) in [6, 6.07) is 6.24. The van der Waals surface area contributed by atoms with Crippen molar-refractivity contribution in [2.45, 2.75) is 31.9 Å². The van der Waals surface area contributed by atoms with Crippen molar-refractivity contribution in [2.75, 3.05) is 6.61 Å². The minimum absolute atomic E-state index is 0.105. The van der Waals surface area contributed by atoms with Crippen LogP contribution in [0.2, 0.25) is 0 Å². The number of carbonyl (C=O) groups excluding carboxylic acids is 1. The third-order valence-corrected chi connectivity index (χ3v) is 3.86. The van der Waals surface area contributed by atoms with Crippen molar-refractivity contribution in [1.29, 1.82) is 0 Å². The zero-order valence-electron chi connectivity index (χ0n) is 13.1. The zero-order valence-corrected chi connectivity index (χ0v) is 13.9. The number of rotatable bonds is 4. The second-order valence-corrected chi connectivity index (χ2v) is 5.97. The van der Waals surface area contributed by atoms with E-state index in [-0.39, 0.29) is 11.9 Å². The Balaban J connectivity index is 1.64. The lowest BCUT2D eigenvalue weighted by atomic mass is 10.1. The van der Waals surface area contributed by atoms with E-state index >= 15 is 0 Å². The molecule has 11 heteroatoms. The molecule has 0 bridgehead atoms. The molecule has 0 saturated carbocycles. The maximum absolute atomic E-state index is 11.1. The normalized spacial score (nSPS) is 17.0. The van der Waals surface area contributed by atoms with Crippen LogP contribution in [0, 0.1) is 0 Å². The van der Waals surface area contributed by atoms with Gasteiger partial charge >= 0.3 is 16.6 Å². The highest BCUT2D eigenvalue weighted by molar-refractivity contribution is 7.62. The number of ether oxygens (including phenoxy) is 2. The Morgan fingerprint density at radius 1 is 1.32 bits per heavy atom. The highest BCUT2D eigenvalue weighted by Gasteiger charge is 2.16.